The fourth-order valence-electron chi connectivity index (χ4n) is 1.92. The molecule has 2 nitrogen and oxygen atoms in total. The molecule has 102 valence electrons. The highest BCUT2D eigenvalue weighted by molar-refractivity contribution is 9.10. The molecule has 1 aliphatic rings. The molecule has 1 saturated carbocycles. The van der Waals surface area contributed by atoms with Crippen molar-refractivity contribution >= 4 is 33.3 Å². The zero-order valence-corrected chi connectivity index (χ0v) is 12.9. The maximum Gasteiger partial charge on any atom is 0.194 e. The summed E-state index contributed by atoms with van der Waals surface area (Å²) in [5.74, 6) is 0.707. The number of rotatable bonds is 4. The van der Waals surface area contributed by atoms with Crippen molar-refractivity contribution in [2.45, 2.75) is 18.9 Å². The summed E-state index contributed by atoms with van der Waals surface area (Å²) in [6, 6.07) is 12.5. The van der Waals surface area contributed by atoms with Crippen molar-refractivity contribution in [3.8, 4) is 5.75 Å². The molecule has 0 atom stereocenters. The summed E-state index contributed by atoms with van der Waals surface area (Å²) in [4.78, 5) is 12.5. The summed E-state index contributed by atoms with van der Waals surface area (Å²) < 4.78 is 6.41. The van der Waals surface area contributed by atoms with Crippen LogP contribution in [-0.4, -0.2) is 11.9 Å². The highest BCUT2D eigenvalue weighted by Crippen LogP contribution is 2.29. The van der Waals surface area contributed by atoms with E-state index in [9.17, 15) is 4.79 Å². The summed E-state index contributed by atoms with van der Waals surface area (Å²) >= 11 is 9.27. The second-order valence-corrected chi connectivity index (χ2v) is 6.09. The highest BCUT2D eigenvalue weighted by atomic mass is 79.9. The van der Waals surface area contributed by atoms with Gasteiger partial charge in [-0.05, 0) is 59.1 Å². The van der Waals surface area contributed by atoms with Crippen LogP contribution >= 0.6 is 27.5 Å². The van der Waals surface area contributed by atoms with Crippen molar-refractivity contribution in [2.24, 2.45) is 0 Å². The Kier molecular flexibility index (Phi) is 3.81. The van der Waals surface area contributed by atoms with Crippen LogP contribution in [-0.2, 0) is 0 Å². The third kappa shape index (κ3) is 3.05. The van der Waals surface area contributed by atoms with Crippen LogP contribution in [0.25, 0.3) is 0 Å². The SMILES string of the molecule is O=C(c1cccc(OC2CC2)c1)c1ccc(Cl)cc1Br. The van der Waals surface area contributed by atoms with Crippen molar-refractivity contribution in [1.29, 1.82) is 0 Å². The molecular weight excluding hydrogens is 340 g/mol. The fraction of sp³-hybridized carbons (Fsp3) is 0.188. The second kappa shape index (κ2) is 5.58. The van der Waals surface area contributed by atoms with E-state index in [1.165, 1.54) is 0 Å². The number of benzene rings is 2. The molecule has 0 amide bonds. The van der Waals surface area contributed by atoms with Gasteiger partial charge in [-0.25, -0.2) is 0 Å². The molecule has 0 heterocycles. The molecule has 3 rings (SSSR count). The van der Waals surface area contributed by atoms with Crippen molar-refractivity contribution in [3.63, 3.8) is 0 Å². The molecular formula is C16H12BrClO2. The summed E-state index contributed by atoms with van der Waals surface area (Å²) in [6.45, 7) is 0. The average molecular weight is 352 g/mol. The Morgan fingerprint density at radius 3 is 2.70 bits per heavy atom. The topological polar surface area (TPSA) is 26.3 Å². The van der Waals surface area contributed by atoms with Gasteiger partial charge in [-0.1, -0.05) is 23.7 Å². The normalized spacial score (nSPS) is 14.1. The number of halogens is 2. The molecule has 0 bridgehead atoms. The van der Waals surface area contributed by atoms with Crippen LogP contribution in [0.3, 0.4) is 0 Å². The summed E-state index contributed by atoms with van der Waals surface area (Å²) in [7, 11) is 0. The first-order valence-corrected chi connectivity index (χ1v) is 7.57. The van der Waals surface area contributed by atoms with Crippen LogP contribution in [0.5, 0.6) is 5.75 Å². The molecule has 0 spiro atoms. The Balaban J connectivity index is 1.89. The van der Waals surface area contributed by atoms with Gasteiger partial charge in [0.25, 0.3) is 0 Å². The number of carbonyl (C=O) groups is 1. The van der Waals surface area contributed by atoms with E-state index in [2.05, 4.69) is 15.9 Å². The number of ether oxygens (including phenoxy) is 1. The van der Waals surface area contributed by atoms with Crippen LogP contribution in [0.1, 0.15) is 28.8 Å². The third-order valence-corrected chi connectivity index (χ3v) is 3.99. The third-order valence-electron chi connectivity index (χ3n) is 3.10. The Morgan fingerprint density at radius 1 is 1.20 bits per heavy atom. The molecule has 0 saturated heterocycles. The summed E-state index contributed by atoms with van der Waals surface area (Å²) in [5.41, 5.74) is 1.21. The smallest absolute Gasteiger partial charge is 0.194 e. The maximum absolute atomic E-state index is 12.5. The monoisotopic (exact) mass is 350 g/mol. The molecule has 0 radical (unpaired) electrons. The van der Waals surface area contributed by atoms with Gasteiger partial charge in [-0.2, -0.15) is 0 Å². The van der Waals surface area contributed by atoms with Gasteiger partial charge in [0.15, 0.2) is 5.78 Å². The Morgan fingerprint density at radius 2 is 2.00 bits per heavy atom. The zero-order valence-electron chi connectivity index (χ0n) is 10.6. The van der Waals surface area contributed by atoms with E-state index in [-0.39, 0.29) is 5.78 Å². The molecule has 1 aliphatic carbocycles. The second-order valence-electron chi connectivity index (χ2n) is 4.80. The predicted octanol–water partition coefficient (Wildman–Crippen LogP) is 4.87. The lowest BCUT2D eigenvalue weighted by molar-refractivity contribution is 0.103. The molecule has 0 aliphatic heterocycles. The first-order valence-electron chi connectivity index (χ1n) is 6.40. The number of hydrogen-bond acceptors (Lipinski definition) is 2. The van der Waals surface area contributed by atoms with Crippen molar-refractivity contribution in [3.05, 3.63) is 63.1 Å². The molecule has 2 aromatic rings. The summed E-state index contributed by atoms with van der Waals surface area (Å²) in [5, 5.41) is 0.597. The Labute approximate surface area is 130 Å². The molecule has 0 N–H and O–H groups in total. The van der Waals surface area contributed by atoms with E-state index >= 15 is 0 Å². The van der Waals surface area contributed by atoms with Gasteiger partial charge in [0, 0.05) is 20.6 Å². The Bertz CT molecular complexity index is 665. The molecule has 4 heteroatoms. The van der Waals surface area contributed by atoms with Crippen molar-refractivity contribution in [1.82, 2.24) is 0 Å². The summed E-state index contributed by atoms with van der Waals surface area (Å²) in [6.07, 6.45) is 2.52. The molecule has 0 unspecified atom stereocenters. The first-order chi connectivity index (χ1) is 9.63. The van der Waals surface area contributed by atoms with Gasteiger partial charge >= 0.3 is 0 Å². The van der Waals surface area contributed by atoms with Crippen molar-refractivity contribution in [2.75, 3.05) is 0 Å². The van der Waals surface area contributed by atoms with E-state index in [4.69, 9.17) is 16.3 Å². The average Bonchev–Trinajstić information content (AvgIpc) is 3.22. The predicted molar refractivity (Wildman–Crippen MR) is 82.7 cm³/mol. The lowest BCUT2D eigenvalue weighted by Gasteiger charge is -2.08. The Hall–Kier alpha value is -1.32. The van der Waals surface area contributed by atoms with E-state index in [1.54, 1.807) is 30.3 Å². The molecule has 2 aromatic carbocycles. The fourth-order valence-corrected chi connectivity index (χ4v) is 2.78. The van der Waals surface area contributed by atoms with Gasteiger partial charge < -0.3 is 4.74 Å². The number of carbonyl (C=O) groups excluding carboxylic acids is 1. The molecule has 0 aromatic heterocycles. The van der Waals surface area contributed by atoms with Gasteiger partial charge in [-0.3, -0.25) is 4.79 Å². The van der Waals surface area contributed by atoms with Crippen LogP contribution in [0.15, 0.2) is 46.9 Å². The van der Waals surface area contributed by atoms with Gasteiger partial charge in [0.2, 0.25) is 0 Å². The molecule has 1 fully saturated rings. The lowest BCUT2D eigenvalue weighted by Crippen LogP contribution is -2.03. The standard InChI is InChI=1S/C16H12BrClO2/c17-15-9-11(18)4-7-14(15)16(19)10-2-1-3-13(8-10)20-12-5-6-12/h1-4,7-9,12H,5-6H2. The van der Waals surface area contributed by atoms with Gasteiger partial charge in [-0.15, -0.1) is 0 Å². The van der Waals surface area contributed by atoms with Crippen molar-refractivity contribution < 1.29 is 9.53 Å². The van der Waals surface area contributed by atoms with Crippen LogP contribution in [0, 0.1) is 0 Å². The van der Waals surface area contributed by atoms with Gasteiger partial charge in [0.1, 0.15) is 5.75 Å². The maximum atomic E-state index is 12.5. The quantitative estimate of drug-likeness (QED) is 0.734. The number of hydrogen-bond donors (Lipinski definition) is 0. The largest absolute Gasteiger partial charge is 0.490 e. The van der Waals surface area contributed by atoms with Crippen LogP contribution in [0.2, 0.25) is 5.02 Å². The van der Waals surface area contributed by atoms with E-state index < -0.39 is 0 Å². The van der Waals surface area contributed by atoms with Crippen LogP contribution in [0.4, 0.5) is 0 Å². The number of ketones is 1. The molecule has 20 heavy (non-hydrogen) atoms. The highest BCUT2D eigenvalue weighted by Gasteiger charge is 2.23. The van der Waals surface area contributed by atoms with Crippen LogP contribution < -0.4 is 4.74 Å². The first kappa shape index (κ1) is 13.7. The zero-order chi connectivity index (χ0) is 14.1. The lowest BCUT2D eigenvalue weighted by atomic mass is 10.0. The minimum absolute atomic E-state index is 0.0465. The minimum Gasteiger partial charge on any atom is -0.490 e. The van der Waals surface area contributed by atoms with E-state index in [1.807, 2.05) is 12.1 Å². The van der Waals surface area contributed by atoms with Gasteiger partial charge in [0.05, 0.1) is 6.10 Å². The van der Waals surface area contributed by atoms with E-state index in [0.29, 0.717) is 26.7 Å². The minimum atomic E-state index is -0.0465. The van der Waals surface area contributed by atoms with E-state index in [0.717, 1.165) is 18.6 Å².